The second-order valence-corrected chi connectivity index (χ2v) is 6.64. The SMILES string of the molecule is CC1CCCC(NC(=O)c2sc3ncccc3c2N)C1. The summed E-state index contributed by atoms with van der Waals surface area (Å²) in [4.78, 5) is 18.1. The molecule has 0 radical (unpaired) electrons. The van der Waals surface area contributed by atoms with Gasteiger partial charge in [0.25, 0.3) is 5.91 Å². The van der Waals surface area contributed by atoms with Crippen molar-refractivity contribution in [3.05, 3.63) is 23.2 Å². The lowest BCUT2D eigenvalue weighted by Gasteiger charge is -2.27. The third-order valence-corrected chi connectivity index (χ3v) is 5.11. The van der Waals surface area contributed by atoms with E-state index in [1.165, 1.54) is 24.2 Å². The molecule has 1 amide bonds. The Bertz CT molecular complexity index is 637. The number of hydrogen-bond acceptors (Lipinski definition) is 4. The van der Waals surface area contributed by atoms with Crippen LogP contribution in [0.3, 0.4) is 0 Å². The Morgan fingerprint density at radius 1 is 1.50 bits per heavy atom. The summed E-state index contributed by atoms with van der Waals surface area (Å²) >= 11 is 1.37. The summed E-state index contributed by atoms with van der Waals surface area (Å²) in [6.45, 7) is 2.25. The van der Waals surface area contributed by atoms with Gasteiger partial charge in [-0.1, -0.05) is 19.8 Å². The molecule has 0 bridgehead atoms. The minimum Gasteiger partial charge on any atom is -0.397 e. The number of rotatable bonds is 2. The molecule has 0 saturated heterocycles. The molecule has 2 heterocycles. The topological polar surface area (TPSA) is 68.0 Å². The number of amides is 1. The van der Waals surface area contributed by atoms with Crippen LogP contribution in [0, 0.1) is 5.92 Å². The smallest absolute Gasteiger partial charge is 0.263 e. The van der Waals surface area contributed by atoms with E-state index in [4.69, 9.17) is 5.73 Å². The second kappa shape index (κ2) is 5.40. The van der Waals surface area contributed by atoms with Crippen LogP contribution in [0.4, 0.5) is 5.69 Å². The van der Waals surface area contributed by atoms with E-state index in [-0.39, 0.29) is 11.9 Å². The van der Waals surface area contributed by atoms with Gasteiger partial charge in [-0.05, 0) is 30.9 Å². The minimum atomic E-state index is -0.0513. The molecule has 106 valence electrons. The lowest BCUT2D eigenvalue weighted by Crippen LogP contribution is -2.37. The molecule has 0 aromatic carbocycles. The van der Waals surface area contributed by atoms with Crippen molar-refractivity contribution in [2.45, 2.75) is 38.6 Å². The summed E-state index contributed by atoms with van der Waals surface area (Å²) in [5.41, 5.74) is 6.64. The van der Waals surface area contributed by atoms with E-state index in [1.807, 2.05) is 12.1 Å². The van der Waals surface area contributed by atoms with Crippen molar-refractivity contribution in [2.75, 3.05) is 5.73 Å². The molecule has 20 heavy (non-hydrogen) atoms. The predicted octanol–water partition coefficient (Wildman–Crippen LogP) is 3.19. The highest BCUT2D eigenvalue weighted by atomic mass is 32.1. The fraction of sp³-hybridized carbons (Fsp3) is 0.467. The third-order valence-electron chi connectivity index (χ3n) is 3.98. The van der Waals surface area contributed by atoms with E-state index in [0.717, 1.165) is 23.1 Å². The number of nitrogen functional groups attached to an aromatic ring is 1. The second-order valence-electron chi connectivity index (χ2n) is 5.64. The first-order valence-corrected chi connectivity index (χ1v) is 7.90. The van der Waals surface area contributed by atoms with Gasteiger partial charge in [0.05, 0.1) is 5.69 Å². The van der Waals surface area contributed by atoms with E-state index in [9.17, 15) is 4.79 Å². The van der Waals surface area contributed by atoms with Crippen LogP contribution >= 0.6 is 11.3 Å². The summed E-state index contributed by atoms with van der Waals surface area (Å²) in [5, 5.41) is 4.01. The quantitative estimate of drug-likeness (QED) is 0.892. The Morgan fingerprint density at radius 3 is 3.10 bits per heavy atom. The average Bonchev–Trinajstić information content (AvgIpc) is 2.77. The Balaban J connectivity index is 1.80. The number of fused-ring (bicyclic) bond motifs is 1. The van der Waals surface area contributed by atoms with Crippen LogP contribution < -0.4 is 11.1 Å². The maximum absolute atomic E-state index is 12.4. The molecule has 1 aliphatic carbocycles. The molecule has 3 rings (SSSR count). The maximum atomic E-state index is 12.4. The molecule has 2 aromatic heterocycles. The first-order valence-electron chi connectivity index (χ1n) is 7.09. The molecule has 5 heteroatoms. The summed E-state index contributed by atoms with van der Waals surface area (Å²) < 4.78 is 0. The van der Waals surface area contributed by atoms with Gasteiger partial charge < -0.3 is 11.1 Å². The molecule has 1 fully saturated rings. The van der Waals surface area contributed by atoms with Crippen LogP contribution in [-0.4, -0.2) is 16.9 Å². The standard InChI is InChI=1S/C15H19N3OS/c1-9-4-2-5-10(8-9)18-14(19)13-12(16)11-6-3-7-17-15(11)20-13/h3,6-7,9-10H,2,4-5,8,16H2,1H3,(H,18,19). The van der Waals surface area contributed by atoms with E-state index in [0.29, 0.717) is 16.5 Å². The van der Waals surface area contributed by atoms with Crippen LogP contribution in [0.1, 0.15) is 42.3 Å². The van der Waals surface area contributed by atoms with Gasteiger partial charge in [-0.25, -0.2) is 4.98 Å². The molecular weight excluding hydrogens is 270 g/mol. The highest BCUT2D eigenvalue weighted by Crippen LogP contribution is 2.32. The summed E-state index contributed by atoms with van der Waals surface area (Å²) in [6, 6.07) is 4.03. The van der Waals surface area contributed by atoms with Gasteiger partial charge >= 0.3 is 0 Å². The zero-order chi connectivity index (χ0) is 14.1. The van der Waals surface area contributed by atoms with E-state index < -0.39 is 0 Å². The monoisotopic (exact) mass is 289 g/mol. The van der Waals surface area contributed by atoms with E-state index in [2.05, 4.69) is 17.2 Å². The number of pyridine rings is 1. The third kappa shape index (κ3) is 2.50. The van der Waals surface area contributed by atoms with Crippen molar-refractivity contribution >= 4 is 33.1 Å². The van der Waals surface area contributed by atoms with Crippen LogP contribution in [0.25, 0.3) is 10.2 Å². The number of anilines is 1. The van der Waals surface area contributed by atoms with Gasteiger partial charge in [0, 0.05) is 17.6 Å². The van der Waals surface area contributed by atoms with Crippen molar-refractivity contribution in [2.24, 2.45) is 5.92 Å². The highest BCUT2D eigenvalue weighted by molar-refractivity contribution is 7.21. The number of nitrogens with two attached hydrogens (primary N) is 1. The molecule has 2 unspecified atom stereocenters. The molecular formula is C15H19N3OS. The minimum absolute atomic E-state index is 0.0513. The largest absolute Gasteiger partial charge is 0.397 e. The van der Waals surface area contributed by atoms with Crippen LogP contribution in [0.5, 0.6) is 0 Å². The van der Waals surface area contributed by atoms with Crippen molar-refractivity contribution in [3.63, 3.8) is 0 Å². The van der Waals surface area contributed by atoms with Gasteiger partial charge in [0.15, 0.2) is 0 Å². The Morgan fingerprint density at radius 2 is 2.35 bits per heavy atom. The summed E-state index contributed by atoms with van der Waals surface area (Å²) in [5.74, 6) is 0.639. The molecule has 4 nitrogen and oxygen atoms in total. The Hall–Kier alpha value is -1.62. The normalized spacial score (nSPS) is 22.9. The van der Waals surface area contributed by atoms with Gasteiger partial charge in [-0.15, -0.1) is 11.3 Å². The number of aromatic nitrogens is 1. The molecule has 2 aromatic rings. The fourth-order valence-corrected chi connectivity index (χ4v) is 3.90. The fourth-order valence-electron chi connectivity index (χ4n) is 2.94. The van der Waals surface area contributed by atoms with Crippen molar-refractivity contribution in [1.82, 2.24) is 10.3 Å². The first-order chi connectivity index (χ1) is 9.65. The maximum Gasteiger partial charge on any atom is 0.263 e. The van der Waals surface area contributed by atoms with Crippen molar-refractivity contribution < 1.29 is 4.79 Å². The van der Waals surface area contributed by atoms with Gasteiger partial charge in [-0.2, -0.15) is 0 Å². The summed E-state index contributed by atoms with van der Waals surface area (Å²) in [6.07, 6.45) is 6.31. The highest BCUT2D eigenvalue weighted by Gasteiger charge is 2.23. The zero-order valence-corrected chi connectivity index (χ0v) is 12.4. The number of hydrogen-bond donors (Lipinski definition) is 2. The van der Waals surface area contributed by atoms with E-state index >= 15 is 0 Å². The number of thiophene rings is 1. The Kier molecular flexibility index (Phi) is 3.61. The lowest BCUT2D eigenvalue weighted by atomic mass is 9.87. The lowest BCUT2D eigenvalue weighted by molar-refractivity contribution is 0.0926. The number of nitrogens with one attached hydrogen (secondary N) is 1. The van der Waals surface area contributed by atoms with Gasteiger partial charge in [0.1, 0.15) is 9.71 Å². The molecule has 0 aliphatic heterocycles. The average molecular weight is 289 g/mol. The van der Waals surface area contributed by atoms with Crippen LogP contribution in [-0.2, 0) is 0 Å². The molecule has 2 atom stereocenters. The Labute approximate surface area is 122 Å². The van der Waals surface area contributed by atoms with E-state index in [1.54, 1.807) is 6.20 Å². The number of carbonyl (C=O) groups is 1. The summed E-state index contributed by atoms with van der Waals surface area (Å²) in [7, 11) is 0. The predicted molar refractivity (Wildman–Crippen MR) is 82.9 cm³/mol. The van der Waals surface area contributed by atoms with Gasteiger partial charge in [-0.3, -0.25) is 4.79 Å². The number of carbonyl (C=O) groups excluding carboxylic acids is 1. The zero-order valence-electron chi connectivity index (χ0n) is 11.6. The first kappa shape index (κ1) is 13.4. The number of nitrogens with zero attached hydrogens (tertiary/aromatic N) is 1. The van der Waals surface area contributed by atoms with Crippen LogP contribution in [0.2, 0.25) is 0 Å². The van der Waals surface area contributed by atoms with Gasteiger partial charge in [0.2, 0.25) is 0 Å². The van der Waals surface area contributed by atoms with Crippen molar-refractivity contribution in [3.8, 4) is 0 Å². The molecule has 1 saturated carbocycles. The molecule has 1 aliphatic rings. The van der Waals surface area contributed by atoms with Crippen LogP contribution in [0.15, 0.2) is 18.3 Å². The van der Waals surface area contributed by atoms with Crippen molar-refractivity contribution in [1.29, 1.82) is 0 Å². The molecule has 3 N–H and O–H groups in total. The molecule has 0 spiro atoms.